The molecule has 2 heterocycles. The van der Waals surface area contributed by atoms with Crippen LogP contribution in [0, 0.1) is 0 Å². The highest BCUT2D eigenvalue weighted by atomic mass is 16.6. The quantitative estimate of drug-likeness (QED) is 0.785. The van der Waals surface area contributed by atoms with E-state index in [-0.39, 0.29) is 25.2 Å². The Bertz CT molecular complexity index is 593. The third-order valence-corrected chi connectivity index (χ3v) is 5.40. The van der Waals surface area contributed by atoms with E-state index in [2.05, 4.69) is 11.9 Å². The largest absolute Gasteiger partial charge is 0.463 e. The standard InChI is InChI=1S/C19H26N2O4/c1-21-14-7-8-15(21)10-16(9-14)25-19(23)17(12-24-18(22)11-20)13-5-3-2-4-6-13/h2-6,14-17H,7-12,20H2,1H3/t14-,15+,16?,17?. The van der Waals surface area contributed by atoms with E-state index in [0.717, 1.165) is 18.4 Å². The van der Waals surface area contributed by atoms with Crippen molar-refractivity contribution in [3.63, 3.8) is 0 Å². The number of nitrogens with zero attached hydrogens (tertiary/aromatic N) is 1. The highest BCUT2D eigenvalue weighted by molar-refractivity contribution is 5.79. The molecule has 2 N–H and O–H groups in total. The Kier molecular flexibility index (Phi) is 5.71. The molecule has 2 bridgehead atoms. The van der Waals surface area contributed by atoms with Gasteiger partial charge in [-0.25, -0.2) is 0 Å². The summed E-state index contributed by atoms with van der Waals surface area (Å²) in [6, 6.07) is 10.3. The molecule has 0 spiro atoms. The Morgan fingerprint density at radius 3 is 2.44 bits per heavy atom. The first-order valence-corrected chi connectivity index (χ1v) is 8.91. The molecule has 2 aliphatic heterocycles. The van der Waals surface area contributed by atoms with Gasteiger partial charge in [0.05, 0.1) is 6.54 Å². The van der Waals surface area contributed by atoms with Crippen LogP contribution in [0.4, 0.5) is 0 Å². The smallest absolute Gasteiger partial charge is 0.319 e. The summed E-state index contributed by atoms with van der Waals surface area (Å²) in [5.41, 5.74) is 6.06. The molecule has 1 aromatic rings. The van der Waals surface area contributed by atoms with Crippen LogP contribution in [0.2, 0.25) is 0 Å². The lowest BCUT2D eigenvalue weighted by Crippen LogP contribution is -2.44. The molecule has 25 heavy (non-hydrogen) atoms. The summed E-state index contributed by atoms with van der Waals surface area (Å²) in [7, 11) is 2.15. The summed E-state index contributed by atoms with van der Waals surface area (Å²) in [6.07, 6.45) is 4.04. The lowest BCUT2D eigenvalue weighted by molar-refractivity contribution is -0.157. The van der Waals surface area contributed by atoms with Crippen molar-refractivity contribution in [1.29, 1.82) is 0 Å². The van der Waals surface area contributed by atoms with Gasteiger partial charge in [-0.1, -0.05) is 30.3 Å². The van der Waals surface area contributed by atoms with Crippen molar-refractivity contribution in [3.8, 4) is 0 Å². The number of hydrogen-bond acceptors (Lipinski definition) is 6. The van der Waals surface area contributed by atoms with Crippen LogP contribution in [0.15, 0.2) is 30.3 Å². The lowest BCUT2D eigenvalue weighted by Gasteiger charge is -2.36. The summed E-state index contributed by atoms with van der Waals surface area (Å²) in [6.45, 7) is -0.243. The molecule has 3 rings (SSSR count). The van der Waals surface area contributed by atoms with Crippen LogP contribution in [-0.2, 0) is 19.1 Å². The number of hydrogen-bond donors (Lipinski definition) is 1. The van der Waals surface area contributed by atoms with Crippen molar-refractivity contribution in [3.05, 3.63) is 35.9 Å². The average Bonchev–Trinajstić information content (AvgIpc) is 2.84. The van der Waals surface area contributed by atoms with E-state index in [0.29, 0.717) is 12.1 Å². The van der Waals surface area contributed by atoms with E-state index in [1.54, 1.807) is 0 Å². The van der Waals surface area contributed by atoms with Crippen molar-refractivity contribution in [1.82, 2.24) is 4.90 Å². The molecular weight excluding hydrogens is 320 g/mol. The number of carbonyl (C=O) groups is 2. The third kappa shape index (κ3) is 4.19. The van der Waals surface area contributed by atoms with Crippen molar-refractivity contribution in [2.45, 2.75) is 49.8 Å². The van der Waals surface area contributed by atoms with E-state index in [9.17, 15) is 9.59 Å². The van der Waals surface area contributed by atoms with Gasteiger partial charge in [0.1, 0.15) is 18.6 Å². The first-order chi connectivity index (χ1) is 12.1. The van der Waals surface area contributed by atoms with E-state index >= 15 is 0 Å². The molecule has 4 atom stereocenters. The summed E-state index contributed by atoms with van der Waals surface area (Å²) in [4.78, 5) is 26.6. The topological polar surface area (TPSA) is 81.9 Å². The van der Waals surface area contributed by atoms with Crippen LogP contribution in [-0.4, -0.2) is 55.2 Å². The Morgan fingerprint density at radius 2 is 1.84 bits per heavy atom. The predicted molar refractivity (Wildman–Crippen MR) is 92.9 cm³/mol. The Balaban J connectivity index is 1.65. The van der Waals surface area contributed by atoms with Gasteiger partial charge < -0.3 is 20.1 Å². The zero-order valence-corrected chi connectivity index (χ0v) is 14.6. The van der Waals surface area contributed by atoms with Crippen molar-refractivity contribution >= 4 is 11.9 Å². The first-order valence-electron chi connectivity index (χ1n) is 8.91. The molecule has 0 amide bonds. The molecule has 2 saturated heterocycles. The second kappa shape index (κ2) is 7.97. The van der Waals surface area contributed by atoms with Crippen LogP contribution >= 0.6 is 0 Å². The number of esters is 2. The number of rotatable bonds is 6. The molecule has 1 aromatic carbocycles. The van der Waals surface area contributed by atoms with E-state index in [1.165, 1.54) is 12.8 Å². The molecule has 6 nitrogen and oxygen atoms in total. The second-order valence-corrected chi connectivity index (χ2v) is 6.93. The molecule has 0 aliphatic carbocycles. The molecule has 2 unspecified atom stereocenters. The van der Waals surface area contributed by atoms with Gasteiger partial charge in [-0.2, -0.15) is 0 Å². The van der Waals surface area contributed by atoms with Gasteiger partial charge in [-0.05, 0) is 38.3 Å². The number of nitrogens with two attached hydrogens (primary N) is 1. The molecular formula is C19H26N2O4. The molecule has 0 saturated carbocycles. The van der Waals surface area contributed by atoms with Crippen molar-refractivity contribution in [2.24, 2.45) is 5.73 Å². The minimum absolute atomic E-state index is 0.0433. The van der Waals surface area contributed by atoms with E-state index < -0.39 is 11.9 Å². The Labute approximate surface area is 148 Å². The number of ether oxygens (including phenoxy) is 2. The molecule has 0 radical (unpaired) electrons. The summed E-state index contributed by atoms with van der Waals surface area (Å²) < 4.78 is 10.9. The van der Waals surface area contributed by atoms with Crippen molar-refractivity contribution < 1.29 is 19.1 Å². The highest BCUT2D eigenvalue weighted by Gasteiger charge is 2.40. The predicted octanol–water partition coefficient (Wildman–Crippen LogP) is 1.44. The maximum absolute atomic E-state index is 12.8. The maximum atomic E-state index is 12.8. The normalized spacial score (nSPS) is 26.9. The lowest BCUT2D eigenvalue weighted by atomic mass is 9.98. The molecule has 136 valence electrons. The molecule has 2 fully saturated rings. The van der Waals surface area contributed by atoms with Gasteiger partial charge in [0.15, 0.2) is 0 Å². The second-order valence-electron chi connectivity index (χ2n) is 6.93. The maximum Gasteiger partial charge on any atom is 0.319 e. The van der Waals surface area contributed by atoms with Gasteiger partial charge in [0, 0.05) is 12.1 Å². The van der Waals surface area contributed by atoms with Gasteiger partial charge in [0.2, 0.25) is 0 Å². The van der Waals surface area contributed by atoms with E-state index in [1.807, 2.05) is 30.3 Å². The molecule has 2 aliphatic rings. The van der Waals surface area contributed by atoms with E-state index in [4.69, 9.17) is 15.2 Å². The fourth-order valence-corrected chi connectivity index (χ4v) is 3.93. The zero-order chi connectivity index (χ0) is 17.8. The van der Waals surface area contributed by atoms with Gasteiger partial charge in [-0.3, -0.25) is 9.59 Å². The number of benzene rings is 1. The third-order valence-electron chi connectivity index (χ3n) is 5.40. The number of carbonyl (C=O) groups excluding carboxylic acids is 2. The average molecular weight is 346 g/mol. The Hall–Kier alpha value is -1.92. The molecule has 6 heteroatoms. The highest BCUT2D eigenvalue weighted by Crippen LogP contribution is 2.36. The van der Waals surface area contributed by atoms with Gasteiger partial charge in [0.25, 0.3) is 0 Å². The SMILES string of the molecule is CN1[C@@H]2CC[C@H]1CC(OC(=O)C(COC(=O)CN)c1ccccc1)C2. The van der Waals surface area contributed by atoms with Crippen LogP contribution in [0.1, 0.15) is 37.2 Å². The molecule has 0 aromatic heterocycles. The number of fused-ring (bicyclic) bond motifs is 2. The zero-order valence-electron chi connectivity index (χ0n) is 14.6. The van der Waals surface area contributed by atoms with Crippen LogP contribution in [0.25, 0.3) is 0 Å². The Morgan fingerprint density at radius 1 is 1.20 bits per heavy atom. The fourth-order valence-electron chi connectivity index (χ4n) is 3.93. The van der Waals surface area contributed by atoms with Crippen molar-refractivity contribution in [2.75, 3.05) is 20.2 Å². The minimum Gasteiger partial charge on any atom is -0.463 e. The van der Waals surface area contributed by atoms with Crippen LogP contribution < -0.4 is 5.73 Å². The fraction of sp³-hybridized carbons (Fsp3) is 0.579. The minimum atomic E-state index is -0.617. The summed E-state index contributed by atoms with van der Waals surface area (Å²) in [5, 5.41) is 0. The van der Waals surface area contributed by atoms with Crippen LogP contribution in [0.5, 0.6) is 0 Å². The van der Waals surface area contributed by atoms with Gasteiger partial charge >= 0.3 is 11.9 Å². The van der Waals surface area contributed by atoms with Crippen LogP contribution in [0.3, 0.4) is 0 Å². The van der Waals surface area contributed by atoms with Gasteiger partial charge in [-0.15, -0.1) is 0 Å². The summed E-state index contributed by atoms with van der Waals surface area (Å²) in [5.74, 6) is -1.47. The monoisotopic (exact) mass is 346 g/mol. The summed E-state index contributed by atoms with van der Waals surface area (Å²) >= 11 is 0. The first kappa shape index (κ1) is 17.9. The number of piperidine rings is 1.